The van der Waals surface area contributed by atoms with Gasteiger partial charge in [0.15, 0.2) is 0 Å². The van der Waals surface area contributed by atoms with Gasteiger partial charge in [-0.25, -0.2) is 4.68 Å². The number of hydrogen-bond donors (Lipinski definition) is 1. The minimum Gasteiger partial charge on any atom is -0.497 e. The standard InChI is InChI=1S/C26H23N3O2S/c1-31-22-13-11-21(12-14-22)29-25(23-16-32-17-24(23)28-29)27-26(30)20-9-7-19(8-10-20)15-18-5-3-2-4-6-18/h2-14H,15-17H2,1H3,(H,27,30). The molecule has 0 saturated carbocycles. The van der Waals surface area contributed by atoms with Crippen LogP contribution in [0.1, 0.15) is 32.7 Å². The summed E-state index contributed by atoms with van der Waals surface area (Å²) >= 11 is 1.81. The average molecular weight is 442 g/mol. The largest absolute Gasteiger partial charge is 0.497 e. The third-order valence-corrected chi connectivity index (χ3v) is 6.54. The van der Waals surface area contributed by atoms with Gasteiger partial charge in [0, 0.05) is 22.6 Å². The van der Waals surface area contributed by atoms with Crippen LogP contribution < -0.4 is 10.1 Å². The predicted molar refractivity (Wildman–Crippen MR) is 129 cm³/mol. The second-order valence-corrected chi connectivity index (χ2v) is 8.68. The maximum atomic E-state index is 13.1. The summed E-state index contributed by atoms with van der Waals surface area (Å²) in [6, 6.07) is 25.8. The zero-order valence-electron chi connectivity index (χ0n) is 17.7. The predicted octanol–water partition coefficient (Wildman–Crippen LogP) is 5.47. The second-order valence-electron chi connectivity index (χ2n) is 7.69. The Labute approximate surface area is 191 Å². The van der Waals surface area contributed by atoms with E-state index in [-0.39, 0.29) is 5.91 Å². The number of benzene rings is 3. The summed E-state index contributed by atoms with van der Waals surface area (Å²) in [5.41, 5.74) is 6.07. The van der Waals surface area contributed by atoms with Gasteiger partial charge >= 0.3 is 0 Å². The number of methoxy groups -OCH3 is 1. The molecule has 0 bridgehead atoms. The third-order valence-electron chi connectivity index (χ3n) is 5.57. The number of amides is 1. The van der Waals surface area contributed by atoms with Crippen molar-refractivity contribution in [2.24, 2.45) is 0 Å². The lowest BCUT2D eigenvalue weighted by Gasteiger charge is -2.12. The Morgan fingerprint density at radius 2 is 1.69 bits per heavy atom. The van der Waals surface area contributed by atoms with Gasteiger partial charge in [-0.05, 0) is 53.9 Å². The Morgan fingerprint density at radius 1 is 0.969 bits per heavy atom. The second kappa shape index (κ2) is 8.93. The molecule has 0 spiro atoms. The number of rotatable bonds is 6. The number of ether oxygens (including phenoxy) is 1. The first-order chi connectivity index (χ1) is 15.7. The molecule has 0 radical (unpaired) electrons. The highest BCUT2D eigenvalue weighted by molar-refractivity contribution is 7.98. The minimum atomic E-state index is -0.134. The number of nitrogens with zero attached hydrogens (tertiary/aromatic N) is 2. The molecule has 2 heterocycles. The quantitative estimate of drug-likeness (QED) is 0.431. The molecule has 0 fully saturated rings. The number of aromatic nitrogens is 2. The van der Waals surface area contributed by atoms with E-state index >= 15 is 0 Å². The molecular formula is C26H23N3O2S. The van der Waals surface area contributed by atoms with Crippen LogP contribution in [0.25, 0.3) is 5.69 Å². The highest BCUT2D eigenvalue weighted by Crippen LogP contribution is 2.36. The van der Waals surface area contributed by atoms with E-state index in [1.807, 2.05) is 83.2 Å². The molecule has 1 aromatic heterocycles. The monoisotopic (exact) mass is 441 g/mol. The molecule has 1 aliphatic rings. The maximum Gasteiger partial charge on any atom is 0.256 e. The van der Waals surface area contributed by atoms with Gasteiger partial charge in [-0.2, -0.15) is 16.9 Å². The maximum absolute atomic E-state index is 13.1. The van der Waals surface area contributed by atoms with E-state index in [9.17, 15) is 4.79 Å². The summed E-state index contributed by atoms with van der Waals surface area (Å²) in [7, 11) is 1.64. The zero-order chi connectivity index (χ0) is 21.9. The third kappa shape index (κ3) is 4.14. The minimum absolute atomic E-state index is 0.134. The number of fused-ring (bicyclic) bond motifs is 1. The van der Waals surface area contributed by atoms with E-state index in [1.165, 1.54) is 11.1 Å². The summed E-state index contributed by atoms with van der Waals surface area (Å²) in [6.45, 7) is 0. The van der Waals surface area contributed by atoms with Crippen molar-refractivity contribution in [3.8, 4) is 11.4 Å². The molecule has 4 aromatic rings. The summed E-state index contributed by atoms with van der Waals surface area (Å²) < 4.78 is 7.09. The van der Waals surface area contributed by atoms with Crippen molar-refractivity contribution < 1.29 is 9.53 Å². The molecule has 0 saturated heterocycles. The molecular weight excluding hydrogens is 418 g/mol. The molecule has 5 rings (SSSR count). The van der Waals surface area contributed by atoms with Gasteiger partial charge in [0.1, 0.15) is 11.6 Å². The van der Waals surface area contributed by atoms with Crippen molar-refractivity contribution >= 4 is 23.5 Å². The van der Waals surface area contributed by atoms with Gasteiger partial charge in [0.2, 0.25) is 0 Å². The molecule has 0 atom stereocenters. The van der Waals surface area contributed by atoms with Crippen LogP contribution in [-0.4, -0.2) is 22.8 Å². The van der Waals surface area contributed by atoms with Crippen LogP contribution in [0.4, 0.5) is 5.82 Å². The molecule has 3 aromatic carbocycles. The van der Waals surface area contributed by atoms with Crippen molar-refractivity contribution in [2.45, 2.75) is 17.9 Å². The van der Waals surface area contributed by atoms with Crippen LogP contribution in [0.2, 0.25) is 0 Å². The molecule has 0 aliphatic carbocycles. The van der Waals surface area contributed by atoms with E-state index in [1.54, 1.807) is 7.11 Å². The number of nitrogens with one attached hydrogen (secondary N) is 1. The van der Waals surface area contributed by atoms with Crippen LogP contribution in [0.3, 0.4) is 0 Å². The van der Waals surface area contributed by atoms with Crippen LogP contribution in [0.15, 0.2) is 78.9 Å². The van der Waals surface area contributed by atoms with E-state index in [2.05, 4.69) is 17.4 Å². The van der Waals surface area contributed by atoms with Crippen molar-refractivity contribution in [1.82, 2.24) is 9.78 Å². The van der Waals surface area contributed by atoms with Crippen molar-refractivity contribution in [1.29, 1.82) is 0 Å². The van der Waals surface area contributed by atoms with E-state index in [4.69, 9.17) is 9.84 Å². The lowest BCUT2D eigenvalue weighted by Crippen LogP contribution is -2.16. The first-order valence-corrected chi connectivity index (χ1v) is 11.6. The zero-order valence-corrected chi connectivity index (χ0v) is 18.6. The van der Waals surface area contributed by atoms with Gasteiger partial charge in [0.05, 0.1) is 18.5 Å². The summed E-state index contributed by atoms with van der Waals surface area (Å²) in [4.78, 5) is 13.1. The van der Waals surface area contributed by atoms with Gasteiger partial charge in [-0.1, -0.05) is 42.5 Å². The highest BCUT2D eigenvalue weighted by Gasteiger charge is 2.25. The van der Waals surface area contributed by atoms with Gasteiger partial charge < -0.3 is 10.1 Å². The highest BCUT2D eigenvalue weighted by atomic mass is 32.2. The lowest BCUT2D eigenvalue weighted by molar-refractivity contribution is 0.102. The van der Waals surface area contributed by atoms with E-state index in [0.29, 0.717) is 5.56 Å². The van der Waals surface area contributed by atoms with Crippen LogP contribution >= 0.6 is 11.8 Å². The lowest BCUT2D eigenvalue weighted by atomic mass is 10.0. The summed E-state index contributed by atoms with van der Waals surface area (Å²) in [6.07, 6.45) is 0.845. The SMILES string of the molecule is COc1ccc(-n2nc3c(c2NC(=O)c2ccc(Cc4ccccc4)cc2)CSC3)cc1. The Bertz CT molecular complexity index is 1230. The smallest absolute Gasteiger partial charge is 0.256 e. The Morgan fingerprint density at radius 3 is 2.41 bits per heavy atom. The molecule has 6 heteroatoms. The van der Waals surface area contributed by atoms with E-state index in [0.717, 1.165) is 46.4 Å². The van der Waals surface area contributed by atoms with Crippen LogP contribution in [-0.2, 0) is 17.9 Å². The van der Waals surface area contributed by atoms with Crippen LogP contribution in [0, 0.1) is 0 Å². The molecule has 5 nitrogen and oxygen atoms in total. The molecule has 160 valence electrons. The van der Waals surface area contributed by atoms with Gasteiger partial charge in [0.25, 0.3) is 5.91 Å². The molecule has 32 heavy (non-hydrogen) atoms. The first-order valence-electron chi connectivity index (χ1n) is 10.5. The van der Waals surface area contributed by atoms with Crippen LogP contribution in [0.5, 0.6) is 5.75 Å². The molecule has 1 aliphatic heterocycles. The summed E-state index contributed by atoms with van der Waals surface area (Å²) in [5.74, 6) is 3.09. The van der Waals surface area contributed by atoms with Gasteiger partial charge in [-0.3, -0.25) is 4.79 Å². The Balaban J connectivity index is 1.38. The topological polar surface area (TPSA) is 56.1 Å². The number of carbonyl (C=O) groups is 1. The summed E-state index contributed by atoms with van der Waals surface area (Å²) in [5, 5.41) is 7.88. The number of hydrogen-bond acceptors (Lipinski definition) is 4. The molecule has 0 unspecified atom stereocenters. The number of anilines is 1. The van der Waals surface area contributed by atoms with Crippen molar-refractivity contribution in [3.63, 3.8) is 0 Å². The average Bonchev–Trinajstić information content (AvgIpc) is 3.43. The fraction of sp³-hybridized carbons (Fsp3) is 0.154. The van der Waals surface area contributed by atoms with E-state index < -0.39 is 0 Å². The number of thioether (sulfide) groups is 1. The Kier molecular flexibility index (Phi) is 5.69. The fourth-order valence-electron chi connectivity index (χ4n) is 3.84. The van der Waals surface area contributed by atoms with Crippen molar-refractivity contribution in [2.75, 3.05) is 12.4 Å². The first kappa shape index (κ1) is 20.4. The Hall–Kier alpha value is -3.51. The van der Waals surface area contributed by atoms with Crippen molar-refractivity contribution in [3.05, 3.63) is 107 Å². The fourth-order valence-corrected chi connectivity index (χ4v) is 4.87. The van der Waals surface area contributed by atoms with Gasteiger partial charge in [-0.15, -0.1) is 0 Å². The number of carbonyl (C=O) groups excluding carboxylic acids is 1. The molecule has 1 amide bonds. The molecule has 1 N–H and O–H groups in total. The normalized spacial score (nSPS) is 12.4.